The maximum absolute atomic E-state index is 12.2. The van der Waals surface area contributed by atoms with Gasteiger partial charge in [-0.15, -0.1) is 0 Å². The molecule has 0 saturated carbocycles. The summed E-state index contributed by atoms with van der Waals surface area (Å²) in [5, 5.41) is 0.605. The number of carbonyl (C=O) groups is 1. The van der Waals surface area contributed by atoms with Gasteiger partial charge in [0.2, 0.25) is 0 Å². The summed E-state index contributed by atoms with van der Waals surface area (Å²) in [6, 6.07) is 15.0. The Morgan fingerprint density at radius 1 is 1.08 bits per heavy atom. The molecule has 6 nitrogen and oxygen atoms in total. The van der Waals surface area contributed by atoms with Crippen molar-refractivity contribution >= 4 is 27.5 Å². The number of benzene rings is 2. The van der Waals surface area contributed by atoms with Crippen LogP contribution in [0.25, 0.3) is 0 Å². The lowest BCUT2D eigenvalue weighted by Gasteiger charge is -2.05. The van der Waals surface area contributed by atoms with Crippen LogP contribution in [0.15, 0.2) is 72.0 Å². The first kappa shape index (κ1) is 17.2. The van der Waals surface area contributed by atoms with Crippen molar-refractivity contribution < 1.29 is 13.2 Å². The van der Waals surface area contributed by atoms with Gasteiger partial charge in [-0.3, -0.25) is 4.79 Å². The summed E-state index contributed by atoms with van der Waals surface area (Å²) in [5.41, 5.74) is 0.872. The monoisotopic (exact) mass is 375 g/mol. The summed E-state index contributed by atoms with van der Waals surface area (Å²) in [4.78, 5) is 16.2. The lowest BCUT2D eigenvalue weighted by Crippen LogP contribution is -2.30. The van der Waals surface area contributed by atoms with E-state index < -0.39 is 15.9 Å². The van der Waals surface area contributed by atoms with Gasteiger partial charge in [-0.1, -0.05) is 48.0 Å². The van der Waals surface area contributed by atoms with Crippen molar-refractivity contribution in [1.82, 2.24) is 14.3 Å². The van der Waals surface area contributed by atoms with Crippen molar-refractivity contribution in [3.63, 3.8) is 0 Å². The van der Waals surface area contributed by atoms with Crippen LogP contribution >= 0.6 is 11.6 Å². The predicted molar refractivity (Wildman–Crippen MR) is 93.9 cm³/mol. The van der Waals surface area contributed by atoms with Gasteiger partial charge in [0.1, 0.15) is 5.69 Å². The second-order valence-corrected chi connectivity index (χ2v) is 7.36. The largest absolute Gasteiger partial charge is 0.332 e. The van der Waals surface area contributed by atoms with E-state index in [1.54, 1.807) is 28.8 Å². The Labute approximate surface area is 150 Å². The van der Waals surface area contributed by atoms with Gasteiger partial charge in [-0.25, -0.2) is 18.1 Å². The molecule has 0 spiro atoms. The molecule has 128 valence electrons. The molecule has 3 rings (SSSR count). The number of rotatable bonds is 5. The summed E-state index contributed by atoms with van der Waals surface area (Å²) in [7, 11) is -3.93. The first-order valence-corrected chi connectivity index (χ1v) is 9.19. The number of halogens is 1. The van der Waals surface area contributed by atoms with Crippen molar-refractivity contribution in [2.24, 2.45) is 0 Å². The third-order valence-electron chi connectivity index (χ3n) is 3.46. The molecule has 2 aromatic carbocycles. The summed E-state index contributed by atoms with van der Waals surface area (Å²) >= 11 is 6.11. The van der Waals surface area contributed by atoms with E-state index in [0.717, 1.165) is 5.56 Å². The minimum atomic E-state index is -3.93. The van der Waals surface area contributed by atoms with Crippen molar-refractivity contribution in [3.05, 3.63) is 83.4 Å². The summed E-state index contributed by atoms with van der Waals surface area (Å²) in [6.45, 7) is 0.422. The number of amides is 1. The molecule has 0 radical (unpaired) electrons. The minimum absolute atomic E-state index is 0.00607. The maximum Gasteiger partial charge on any atom is 0.285 e. The molecule has 0 aliphatic rings. The lowest BCUT2D eigenvalue weighted by molar-refractivity contribution is 0.0977. The maximum atomic E-state index is 12.2. The Hall–Kier alpha value is -2.64. The van der Waals surface area contributed by atoms with E-state index in [9.17, 15) is 13.2 Å². The highest BCUT2D eigenvalue weighted by molar-refractivity contribution is 7.90. The average Bonchev–Trinajstić information content (AvgIpc) is 3.06. The fourth-order valence-electron chi connectivity index (χ4n) is 2.22. The zero-order valence-corrected chi connectivity index (χ0v) is 14.5. The van der Waals surface area contributed by atoms with Crippen LogP contribution in [0.4, 0.5) is 0 Å². The Bertz CT molecular complexity index is 1000. The zero-order chi connectivity index (χ0) is 17.9. The molecule has 3 aromatic rings. The van der Waals surface area contributed by atoms with Gasteiger partial charge < -0.3 is 4.57 Å². The summed E-state index contributed by atoms with van der Waals surface area (Å²) < 4.78 is 28.0. The van der Waals surface area contributed by atoms with Crippen molar-refractivity contribution in [2.75, 3.05) is 0 Å². The molecule has 25 heavy (non-hydrogen) atoms. The number of aromatic nitrogens is 2. The number of hydrogen-bond acceptors (Lipinski definition) is 4. The van der Waals surface area contributed by atoms with Crippen LogP contribution in [0.1, 0.15) is 16.1 Å². The van der Waals surface area contributed by atoms with Crippen LogP contribution in [-0.4, -0.2) is 23.9 Å². The minimum Gasteiger partial charge on any atom is -0.332 e. The standard InChI is InChI=1S/C17H14ClN3O3S/c18-15-9-5-4-6-13(15)10-21-11-16(19-12-21)17(22)20-25(23,24)14-7-2-1-3-8-14/h1-9,11-12H,10H2,(H,20,22). The van der Waals surface area contributed by atoms with Gasteiger partial charge in [0.15, 0.2) is 0 Å². The summed E-state index contributed by atoms with van der Waals surface area (Å²) in [5.74, 6) is -0.790. The molecule has 1 N–H and O–H groups in total. The van der Waals surface area contributed by atoms with Gasteiger partial charge in [-0.2, -0.15) is 0 Å². The van der Waals surface area contributed by atoms with Gasteiger partial charge in [0.25, 0.3) is 15.9 Å². The zero-order valence-electron chi connectivity index (χ0n) is 13.0. The fourth-order valence-corrected chi connectivity index (χ4v) is 3.40. The van der Waals surface area contributed by atoms with E-state index in [0.29, 0.717) is 11.6 Å². The molecule has 0 aliphatic heterocycles. The normalized spacial score (nSPS) is 11.2. The molecule has 0 bridgehead atoms. The third-order valence-corrected chi connectivity index (χ3v) is 5.17. The van der Waals surface area contributed by atoms with E-state index in [2.05, 4.69) is 4.98 Å². The number of sulfonamides is 1. The Morgan fingerprint density at radius 2 is 1.76 bits per heavy atom. The molecule has 0 fully saturated rings. The van der Waals surface area contributed by atoms with Crippen LogP contribution in [0, 0.1) is 0 Å². The van der Waals surface area contributed by atoms with Crippen LogP contribution in [0.5, 0.6) is 0 Å². The highest BCUT2D eigenvalue weighted by Gasteiger charge is 2.20. The SMILES string of the molecule is O=C(NS(=O)(=O)c1ccccc1)c1cn(Cc2ccccc2Cl)cn1. The van der Waals surface area contributed by atoms with E-state index in [4.69, 9.17) is 11.6 Å². The van der Waals surface area contributed by atoms with Gasteiger partial charge in [0, 0.05) is 17.8 Å². The predicted octanol–water partition coefficient (Wildman–Crippen LogP) is 2.70. The molecule has 0 unspecified atom stereocenters. The second kappa shape index (κ2) is 7.08. The van der Waals surface area contributed by atoms with Crippen LogP contribution < -0.4 is 4.72 Å². The van der Waals surface area contributed by atoms with E-state index in [1.165, 1.54) is 24.7 Å². The number of carbonyl (C=O) groups excluding carboxylic acids is 1. The van der Waals surface area contributed by atoms with Crippen molar-refractivity contribution in [1.29, 1.82) is 0 Å². The molecular formula is C17H14ClN3O3S. The van der Waals surface area contributed by atoms with E-state index in [-0.39, 0.29) is 10.6 Å². The topological polar surface area (TPSA) is 81.1 Å². The summed E-state index contributed by atoms with van der Waals surface area (Å²) in [6.07, 6.45) is 2.92. The molecule has 0 aliphatic carbocycles. The van der Waals surface area contributed by atoms with Gasteiger partial charge in [-0.05, 0) is 23.8 Å². The molecule has 0 atom stereocenters. The van der Waals surface area contributed by atoms with Crippen LogP contribution in [0.2, 0.25) is 5.02 Å². The smallest absolute Gasteiger partial charge is 0.285 e. The molecule has 1 aromatic heterocycles. The third kappa shape index (κ3) is 4.07. The molecular weight excluding hydrogens is 362 g/mol. The van der Waals surface area contributed by atoms with Gasteiger partial charge >= 0.3 is 0 Å². The highest BCUT2D eigenvalue weighted by Crippen LogP contribution is 2.16. The number of nitrogens with one attached hydrogen (secondary N) is 1. The number of imidazole rings is 1. The van der Waals surface area contributed by atoms with Crippen molar-refractivity contribution in [3.8, 4) is 0 Å². The fraction of sp³-hybridized carbons (Fsp3) is 0.0588. The average molecular weight is 376 g/mol. The van der Waals surface area contributed by atoms with E-state index in [1.807, 2.05) is 22.9 Å². The van der Waals surface area contributed by atoms with Crippen LogP contribution in [-0.2, 0) is 16.6 Å². The van der Waals surface area contributed by atoms with E-state index >= 15 is 0 Å². The molecule has 0 saturated heterocycles. The first-order valence-electron chi connectivity index (χ1n) is 7.33. The molecule has 1 heterocycles. The quantitative estimate of drug-likeness (QED) is 0.743. The molecule has 1 amide bonds. The Kier molecular flexibility index (Phi) is 4.87. The van der Waals surface area contributed by atoms with Gasteiger partial charge in [0.05, 0.1) is 11.2 Å². The van der Waals surface area contributed by atoms with Crippen LogP contribution in [0.3, 0.4) is 0 Å². The van der Waals surface area contributed by atoms with Crippen molar-refractivity contribution in [2.45, 2.75) is 11.4 Å². The lowest BCUT2D eigenvalue weighted by atomic mass is 10.2. The number of hydrogen-bond donors (Lipinski definition) is 1. The highest BCUT2D eigenvalue weighted by atomic mass is 35.5. The first-order chi connectivity index (χ1) is 12.0. The second-order valence-electron chi connectivity index (χ2n) is 5.27. The Balaban J connectivity index is 1.74. The molecule has 8 heteroatoms. The number of nitrogens with zero attached hydrogens (tertiary/aromatic N) is 2. The Morgan fingerprint density at radius 3 is 2.48 bits per heavy atom.